The summed E-state index contributed by atoms with van der Waals surface area (Å²) in [6.07, 6.45) is 0. The van der Waals surface area contributed by atoms with Gasteiger partial charge in [-0.1, -0.05) is 0 Å². The molecule has 1 rings (SSSR count). The van der Waals surface area contributed by atoms with E-state index in [-0.39, 0.29) is 47.8 Å². The molecule has 126 valence electrons. The van der Waals surface area contributed by atoms with Crippen molar-refractivity contribution in [1.29, 1.82) is 0 Å². The predicted molar refractivity (Wildman–Crippen MR) is 93.3 cm³/mol. The number of nitrogens with one attached hydrogen (secondary N) is 1. The molecule has 0 fully saturated rings. The minimum Gasteiger partial charge on any atom is -0.497 e. The van der Waals surface area contributed by atoms with Gasteiger partial charge in [-0.15, -0.1) is 24.0 Å². The van der Waals surface area contributed by atoms with Crippen molar-refractivity contribution in [2.75, 3.05) is 7.11 Å². The summed E-state index contributed by atoms with van der Waals surface area (Å²) in [5.41, 5.74) is 6.01. The third-order valence-electron chi connectivity index (χ3n) is 2.41. The SMILES string of the molecule is COc1ccc(CN=C(N)NC(C)(C)C)c(OC(F)F)c1.I. The van der Waals surface area contributed by atoms with E-state index in [2.05, 4.69) is 15.0 Å². The summed E-state index contributed by atoms with van der Waals surface area (Å²) in [6.45, 7) is 3.03. The Labute approximate surface area is 146 Å². The Morgan fingerprint density at radius 1 is 1.36 bits per heavy atom. The van der Waals surface area contributed by atoms with Crippen LogP contribution < -0.4 is 20.5 Å². The van der Waals surface area contributed by atoms with Gasteiger partial charge in [-0.05, 0) is 32.9 Å². The largest absolute Gasteiger partial charge is 0.497 e. The second kappa shape index (κ2) is 8.96. The molecule has 0 unspecified atom stereocenters. The van der Waals surface area contributed by atoms with Gasteiger partial charge in [0, 0.05) is 17.2 Å². The molecule has 0 aromatic heterocycles. The number of rotatable bonds is 5. The van der Waals surface area contributed by atoms with E-state index < -0.39 is 6.61 Å². The maximum Gasteiger partial charge on any atom is 0.387 e. The summed E-state index contributed by atoms with van der Waals surface area (Å²) in [5.74, 6) is 0.692. The van der Waals surface area contributed by atoms with E-state index in [1.807, 2.05) is 20.8 Å². The first-order valence-electron chi connectivity index (χ1n) is 6.41. The van der Waals surface area contributed by atoms with Crippen LogP contribution in [0.5, 0.6) is 11.5 Å². The standard InChI is InChI=1S/C14H21F2N3O2.HI/c1-14(2,3)19-13(17)18-8-9-5-6-10(20-4)7-11(9)21-12(15)16;/h5-7,12H,8H2,1-4H3,(H3,17,18,19);1H. The first kappa shape index (κ1) is 20.7. The smallest absolute Gasteiger partial charge is 0.387 e. The molecule has 0 aliphatic carbocycles. The molecule has 0 heterocycles. The van der Waals surface area contributed by atoms with Gasteiger partial charge in [0.15, 0.2) is 5.96 Å². The summed E-state index contributed by atoms with van der Waals surface area (Å²) in [6, 6.07) is 4.66. The molecule has 22 heavy (non-hydrogen) atoms. The van der Waals surface area contributed by atoms with Crippen molar-refractivity contribution in [3.8, 4) is 11.5 Å². The van der Waals surface area contributed by atoms with Gasteiger partial charge in [0.1, 0.15) is 11.5 Å². The number of ether oxygens (including phenoxy) is 2. The van der Waals surface area contributed by atoms with E-state index in [0.717, 1.165) is 0 Å². The van der Waals surface area contributed by atoms with Gasteiger partial charge < -0.3 is 20.5 Å². The number of benzene rings is 1. The Balaban J connectivity index is 0.00000441. The Kier molecular flexibility index (Phi) is 8.43. The number of halogens is 3. The third-order valence-corrected chi connectivity index (χ3v) is 2.41. The first-order chi connectivity index (χ1) is 9.71. The number of nitrogens with zero attached hydrogens (tertiary/aromatic N) is 1. The van der Waals surface area contributed by atoms with Crippen LogP contribution in [0.4, 0.5) is 8.78 Å². The van der Waals surface area contributed by atoms with Crippen molar-refractivity contribution in [2.45, 2.75) is 39.5 Å². The van der Waals surface area contributed by atoms with E-state index in [0.29, 0.717) is 11.3 Å². The lowest BCUT2D eigenvalue weighted by Gasteiger charge is -2.21. The quantitative estimate of drug-likeness (QED) is 0.429. The van der Waals surface area contributed by atoms with Crippen LogP contribution in [0.15, 0.2) is 23.2 Å². The monoisotopic (exact) mass is 429 g/mol. The molecule has 0 saturated heterocycles. The van der Waals surface area contributed by atoms with Crippen LogP contribution in [-0.4, -0.2) is 25.2 Å². The van der Waals surface area contributed by atoms with Gasteiger partial charge in [-0.2, -0.15) is 8.78 Å². The molecule has 0 atom stereocenters. The number of nitrogens with two attached hydrogens (primary N) is 1. The lowest BCUT2D eigenvalue weighted by molar-refractivity contribution is -0.0505. The van der Waals surface area contributed by atoms with Crippen LogP contribution in [0, 0.1) is 0 Å². The number of hydrogen-bond acceptors (Lipinski definition) is 3. The molecule has 0 amide bonds. The van der Waals surface area contributed by atoms with Crippen LogP contribution in [0.3, 0.4) is 0 Å². The first-order valence-corrected chi connectivity index (χ1v) is 6.41. The molecule has 1 aromatic carbocycles. The average Bonchev–Trinajstić information content (AvgIpc) is 2.34. The summed E-state index contributed by atoms with van der Waals surface area (Å²) in [5, 5.41) is 2.99. The molecule has 0 bridgehead atoms. The fraction of sp³-hybridized carbons (Fsp3) is 0.500. The Morgan fingerprint density at radius 2 is 2.00 bits per heavy atom. The molecule has 1 aromatic rings. The maximum absolute atomic E-state index is 12.4. The maximum atomic E-state index is 12.4. The van der Waals surface area contributed by atoms with E-state index in [1.165, 1.54) is 13.2 Å². The predicted octanol–water partition coefficient (Wildman–Crippen LogP) is 3.12. The molecular formula is C14H22F2IN3O2. The minimum absolute atomic E-state index is 0. The summed E-state index contributed by atoms with van der Waals surface area (Å²) in [4.78, 5) is 4.12. The van der Waals surface area contributed by atoms with Crippen molar-refractivity contribution in [2.24, 2.45) is 10.7 Å². The van der Waals surface area contributed by atoms with E-state index >= 15 is 0 Å². The molecule has 3 N–H and O–H groups in total. The summed E-state index contributed by atoms with van der Waals surface area (Å²) >= 11 is 0. The summed E-state index contributed by atoms with van der Waals surface area (Å²) in [7, 11) is 1.45. The fourth-order valence-electron chi connectivity index (χ4n) is 1.59. The van der Waals surface area contributed by atoms with Crippen molar-refractivity contribution >= 4 is 29.9 Å². The van der Waals surface area contributed by atoms with Gasteiger partial charge in [0.25, 0.3) is 0 Å². The fourth-order valence-corrected chi connectivity index (χ4v) is 1.59. The van der Waals surface area contributed by atoms with Crippen molar-refractivity contribution in [3.63, 3.8) is 0 Å². The molecular weight excluding hydrogens is 407 g/mol. The number of aliphatic imine (C=N–C) groups is 1. The van der Waals surface area contributed by atoms with Crippen molar-refractivity contribution in [3.05, 3.63) is 23.8 Å². The van der Waals surface area contributed by atoms with Crippen LogP contribution in [0.1, 0.15) is 26.3 Å². The van der Waals surface area contributed by atoms with E-state index in [4.69, 9.17) is 10.5 Å². The van der Waals surface area contributed by atoms with E-state index in [1.54, 1.807) is 12.1 Å². The molecule has 0 spiro atoms. The summed E-state index contributed by atoms with van der Waals surface area (Å²) < 4.78 is 34.3. The highest BCUT2D eigenvalue weighted by atomic mass is 127. The highest BCUT2D eigenvalue weighted by molar-refractivity contribution is 14.0. The molecule has 0 radical (unpaired) electrons. The zero-order chi connectivity index (χ0) is 16.0. The molecule has 5 nitrogen and oxygen atoms in total. The topological polar surface area (TPSA) is 68.9 Å². The van der Waals surface area contributed by atoms with Crippen LogP contribution in [0.2, 0.25) is 0 Å². The van der Waals surface area contributed by atoms with Crippen molar-refractivity contribution in [1.82, 2.24) is 5.32 Å². The average molecular weight is 429 g/mol. The number of hydrogen-bond donors (Lipinski definition) is 2. The van der Waals surface area contributed by atoms with Gasteiger partial charge >= 0.3 is 6.61 Å². The Hall–Kier alpha value is -1.32. The van der Waals surface area contributed by atoms with Crippen molar-refractivity contribution < 1.29 is 18.3 Å². The van der Waals surface area contributed by atoms with Crippen LogP contribution >= 0.6 is 24.0 Å². The molecule has 0 aliphatic heterocycles. The number of alkyl halides is 2. The second-order valence-electron chi connectivity index (χ2n) is 5.43. The van der Waals surface area contributed by atoms with E-state index in [9.17, 15) is 8.78 Å². The van der Waals surface area contributed by atoms with Crippen LogP contribution in [-0.2, 0) is 6.54 Å². The lowest BCUT2D eigenvalue weighted by atomic mass is 10.1. The normalized spacial score (nSPS) is 11.9. The number of guanidine groups is 1. The van der Waals surface area contributed by atoms with Gasteiger partial charge in [-0.25, -0.2) is 4.99 Å². The third kappa shape index (κ3) is 7.62. The highest BCUT2D eigenvalue weighted by Crippen LogP contribution is 2.27. The van der Waals surface area contributed by atoms with Gasteiger partial charge in [-0.3, -0.25) is 0 Å². The Morgan fingerprint density at radius 3 is 2.50 bits per heavy atom. The Bertz CT molecular complexity index is 505. The number of methoxy groups -OCH3 is 1. The van der Waals surface area contributed by atoms with Crippen LogP contribution in [0.25, 0.3) is 0 Å². The highest BCUT2D eigenvalue weighted by Gasteiger charge is 2.12. The minimum atomic E-state index is -2.91. The van der Waals surface area contributed by atoms with Gasteiger partial charge in [0.2, 0.25) is 0 Å². The second-order valence-corrected chi connectivity index (χ2v) is 5.43. The zero-order valence-corrected chi connectivity index (χ0v) is 15.4. The molecule has 8 heteroatoms. The lowest BCUT2D eigenvalue weighted by Crippen LogP contribution is -2.44. The molecule has 0 saturated carbocycles. The molecule has 0 aliphatic rings. The van der Waals surface area contributed by atoms with Gasteiger partial charge in [0.05, 0.1) is 13.7 Å². The zero-order valence-electron chi connectivity index (χ0n) is 13.0.